The summed E-state index contributed by atoms with van der Waals surface area (Å²) < 4.78 is 11.2. The van der Waals surface area contributed by atoms with Crippen LogP contribution in [-0.4, -0.2) is 20.8 Å². The summed E-state index contributed by atoms with van der Waals surface area (Å²) in [5.74, 6) is 1.62. The van der Waals surface area contributed by atoms with E-state index in [9.17, 15) is 0 Å². The Morgan fingerprint density at radius 3 is 2.65 bits per heavy atom. The van der Waals surface area contributed by atoms with Gasteiger partial charge in [0.2, 0.25) is 0 Å². The molecule has 1 fully saturated rings. The van der Waals surface area contributed by atoms with Crippen LogP contribution < -0.4 is 10.5 Å². The van der Waals surface area contributed by atoms with Gasteiger partial charge in [-0.1, -0.05) is 26.3 Å². The molecule has 0 radical (unpaired) electrons. The highest BCUT2D eigenvalue weighted by Crippen LogP contribution is 2.57. The number of rotatable bonds is 4. The van der Waals surface area contributed by atoms with E-state index in [1.807, 2.05) is 7.11 Å². The Morgan fingerprint density at radius 2 is 2.00 bits per heavy atom. The summed E-state index contributed by atoms with van der Waals surface area (Å²) in [7, 11) is 3.59. The van der Waals surface area contributed by atoms with Crippen LogP contribution in [0.5, 0.6) is 5.75 Å². The molecule has 0 saturated heterocycles. The fourth-order valence-corrected chi connectivity index (χ4v) is 5.53. The lowest BCUT2D eigenvalue weighted by Gasteiger charge is -2.55. The van der Waals surface area contributed by atoms with Crippen LogP contribution in [0.1, 0.15) is 56.2 Å². The van der Waals surface area contributed by atoms with E-state index >= 15 is 0 Å². The van der Waals surface area contributed by atoms with Gasteiger partial charge >= 0.3 is 0 Å². The van der Waals surface area contributed by atoms with Crippen LogP contribution in [0.4, 0.5) is 0 Å². The third-order valence-corrected chi connectivity index (χ3v) is 6.57. The minimum Gasteiger partial charge on any atom is -0.496 e. The second-order valence-corrected chi connectivity index (χ2v) is 7.97. The highest BCUT2D eigenvalue weighted by atomic mass is 16.5. The van der Waals surface area contributed by atoms with Crippen molar-refractivity contribution in [2.24, 2.45) is 17.1 Å². The third-order valence-electron chi connectivity index (χ3n) is 6.57. The topological polar surface area (TPSA) is 44.5 Å². The van der Waals surface area contributed by atoms with Crippen molar-refractivity contribution in [2.75, 3.05) is 20.8 Å². The van der Waals surface area contributed by atoms with Crippen LogP contribution >= 0.6 is 0 Å². The van der Waals surface area contributed by atoms with Gasteiger partial charge in [0.05, 0.1) is 13.7 Å². The lowest BCUT2D eigenvalue weighted by atomic mass is 9.50. The third kappa shape index (κ3) is 2.58. The van der Waals surface area contributed by atoms with Crippen molar-refractivity contribution < 1.29 is 9.47 Å². The quantitative estimate of drug-likeness (QED) is 0.918. The Kier molecular flexibility index (Phi) is 4.45. The monoisotopic (exact) mass is 317 g/mol. The number of ether oxygens (including phenoxy) is 2. The van der Waals surface area contributed by atoms with E-state index in [2.05, 4.69) is 26.0 Å². The van der Waals surface area contributed by atoms with Crippen LogP contribution in [0.25, 0.3) is 0 Å². The Morgan fingerprint density at radius 1 is 1.22 bits per heavy atom. The van der Waals surface area contributed by atoms with E-state index in [4.69, 9.17) is 15.2 Å². The number of aryl methyl sites for hydroxylation is 1. The summed E-state index contributed by atoms with van der Waals surface area (Å²) in [6.07, 6.45) is 6.20. The van der Waals surface area contributed by atoms with Gasteiger partial charge < -0.3 is 15.2 Å². The number of fused-ring (bicyclic) bond motifs is 3. The summed E-state index contributed by atoms with van der Waals surface area (Å²) in [5, 5.41) is 0. The van der Waals surface area contributed by atoms with Crippen LogP contribution in [-0.2, 0) is 23.1 Å². The molecule has 0 bridgehead atoms. The van der Waals surface area contributed by atoms with E-state index in [1.54, 1.807) is 7.11 Å². The van der Waals surface area contributed by atoms with Crippen molar-refractivity contribution >= 4 is 0 Å². The molecule has 1 saturated carbocycles. The Balaban J connectivity index is 2.08. The van der Waals surface area contributed by atoms with Gasteiger partial charge in [-0.2, -0.15) is 0 Å². The Hall–Kier alpha value is -1.06. The van der Waals surface area contributed by atoms with Gasteiger partial charge in [-0.25, -0.2) is 0 Å². The molecule has 2 N–H and O–H groups in total. The van der Waals surface area contributed by atoms with Gasteiger partial charge in [0, 0.05) is 19.2 Å². The molecule has 3 heteroatoms. The van der Waals surface area contributed by atoms with Gasteiger partial charge in [0.1, 0.15) is 5.75 Å². The lowest BCUT2D eigenvalue weighted by molar-refractivity contribution is -0.0325. The molecule has 0 aliphatic heterocycles. The number of methoxy groups -OCH3 is 2. The van der Waals surface area contributed by atoms with Crippen LogP contribution in [0.2, 0.25) is 0 Å². The fourth-order valence-electron chi connectivity index (χ4n) is 5.53. The van der Waals surface area contributed by atoms with E-state index < -0.39 is 0 Å². The van der Waals surface area contributed by atoms with Gasteiger partial charge in [0.15, 0.2) is 0 Å². The zero-order chi connectivity index (χ0) is 16.7. The molecular formula is C20H31NO2. The van der Waals surface area contributed by atoms with Crippen LogP contribution in [0.3, 0.4) is 0 Å². The zero-order valence-corrected chi connectivity index (χ0v) is 15.1. The molecule has 128 valence electrons. The zero-order valence-electron chi connectivity index (χ0n) is 15.1. The molecule has 3 atom stereocenters. The fraction of sp³-hybridized carbons (Fsp3) is 0.700. The van der Waals surface area contributed by atoms with Crippen LogP contribution in [0.15, 0.2) is 12.1 Å². The molecule has 3 rings (SSSR count). The molecule has 3 nitrogen and oxygen atoms in total. The maximum absolute atomic E-state index is 5.91. The number of benzene rings is 1. The first kappa shape index (κ1) is 16.8. The maximum atomic E-state index is 5.91. The van der Waals surface area contributed by atoms with Gasteiger partial charge in [-0.05, 0) is 59.6 Å². The smallest absolute Gasteiger partial charge is 0.123 e. The molecule has 0 unspecified atom stereocenters. The molecule has 0 heterocycles. The van der Waals surface area contributed by atoms with Crippen molar-refractivity contribution in [2.45, 2.75) is 57.9 Å². The van der Waals surface area contributed by atoms with Crippen molar-refractivity contribution in [3.05, 3.63) is 28.8 Å². The minimum absolute atomic E-state index is 0.222. The molecule has 0 amide bonds. The summed E-state index contributed by atoms with van der Waals surface area (Å²) in [4.78, 5) is 0. The molecular weight excluding hydrogens is 286 g/mol. The largest absolute Gasteiger partial charge is 0.496 e. The first-order valence-corrected chi connectivity index (χ1v) is 8.88. The molecule has 1 aromatic rings. The van der Waals surface area contributed by atoms with Gasteiger partial charge in [0.25, 0.3) is 0 Å². The van der Waals surface area contributed by atoms with Crippen molar-refractivity contribution in [3.63, 3.8) is 0 Å². The summed E-state index contributed by atoms with van der Waals surface area (Å²) in [6, 6.07) is 4.57. The normalized spacial score (nSPS) is 33.0. The average molecular weight is 317 g/mol. The Labute approximate surface area is 140 Å². The molecule has 2 aliphatic rings. The molecule has 2 aliphatic carbocycles. The molecule has 0 spiro atoms. The maximum Gasteiger partial charge on any atom is 0.123 e. The second-order valence-electron chi connectivity index (χ2n) is 7.97. The van der Waals surface area contributed by atoms with Gasteiger partial charge in [-0.15, -0.1) is 0 Å². The summed E-state index contributed by atoms with van der Waals surface area (Å²) in [6.45, 7) is 6.29. The first-order chi connectivity index (χ1) is 11.0. The Bertz CT molecular complexity index is 581. The predicted octanol–water partition coefficient (Wildman–Crippen LogP) is 3.81. The summed E-state index contributed by atoms with van der Waals surface area (Å²) >= 11 is 0. The van der Waals surface area contributed by atoms with E-state index in [0.29, 0.717) is 12.5 Å². The van der Waals surface area contributed by atoms with Crippen molar-refractivity contribution in [3.8, 4) is 5.75 Å². The number of nitrogens with two attached hydrogens (primary N) is 1. The number of hydrogen-bond acceptors (Lipinski definition) is 3. The molecule has 1 aromatic carbocycles. The van der Waals surface area contributed by atoms with E-state index in [-0.39, 0.29) is 10.8 Å². The molecule has 23 heavy (non-hydrogen) atoms. The standard InChI is InChI=1S/C20H31NO2/c1-19(13-22-3)8-5-9-20(2)16-11-17(23-4)15(12-21)10-14(16)6-7-18(19)20/h10-11,18H,5-9,12-13,21H2,1-4H3/t18-,19+,20+/m0/s1. The van der Waals surface area contributed by atoms with Crippen LogP contribution in [0, 0.1) is 11.3 Å². The molecule has 0 aromatic heterocycles. The SMILES string of the molecule is COC[C@@]1(C)CCC[C@]2(C)c3cc(OC)c(CN)cc3CC[C@@H]12. The van der Waals surface area contributed by atoms with Gasteiger partial charge in [-0.3, -0.25) is 0 Å². The van der Waals surface area contributed by atoms with Crippen molar-refractivity contribution in [1.82, 2.24) is 0 Å². The average Bonchev–Trinajstić information content (AvgIpc) is 2.53. The number of hydrogen-bond donors (Lipinski definition) is 1. The predicted molar refractivity (Wildman–Crippen MR) is 93.9 cm³/mol. The lowest BCUT2D eigenvalue weighted by Crippen LogP contribution is -2.50. The van der Waals surface area contributed by atoms with E-state index in [0.717, 1.165) is 24.3 Å². The summed E-state index contributed by atoms with van der Waals surface area (Å²) in [5.41, 5.74) is 10.5. The van der Waals surface area contributed by atoms with Crippen molar-refractivity contribution in [1.29, 1.82) is 0 Å². The highest BCUT2D eigenvalue weighted by Gasteiger charge is 2.51. The van der Waals surface area contributed by atoms with E-state index in [1.165, 1.54) is 36.8 Å². The minimum atomic E-state index is 0.222. The second kappa shape index (κ2) is 6.10. The highest BCUT2D eigenvalue weighted by molar-refractivity contribution is 5.48. The first-order valence-electron chi connectivity index (χ1n) is 8.88.